The molecule has 1 aliphatic heterocycles. The zero-order valence-electron chi connectivity index (χ0n) is 14.0. The minimum Gasteiger partial charge on any atom is -0.485 e. The van der Waals surface area contributed by atoms with Gasteiger partial charge in [-0.2, -0.15) is 5.26 Å². The van der Waals surface area contributed by atoms with E-state index in [0.29, 0.717) is 22.7 Å². The van der Waals surface area contributed by atoms with Gasteiger partial charge < -0.3 is 19.5 Å². The van der Waals surface area contributed by atoms with Gasteiger partial charge in [0.2, 0.25) is 6.10 Å². The second-order valence-electron chi connectivity index (χ2n) is 5.59. The molecule has 132 valence electrons. The molecule has 2 aromatic carbocycles. The fourth-order valence-corrected chi connectivity index (χ4v) is 2.36. The van der Waals surface area contributed by atoms with E-state index in [4.69, 9.17) is 19.5 Å². The molecule has 0 fully saturated rings. The molecule has 26 heavy (non-hydrogen) atoms. The number of carbonyl (C=O) groups excluding carboxylic acids is 2. The Morgan fingerprint density at radius 2 is 1.88 bits per heavy atom. The van der Waals surface area contributed by atoms with Crippen LogP contribution in [0.3, 0.4) is 0 Å². The summed E-state index contributed by atoms with van der Waals surface area (Å²) >= 11 is 0. The topological polar surface area (TPSA) is 97.7 Å². The number of amides is 1. The summed E-state index contributed by atoms with van der Waals surface area (Å²) in [4.78, 5) is 24.5. The van der Waals surface area contributed by atoms with Crippen molar-refractivity contribution < 1.29 is 23.8 Å². The van der Waals surface area contributed by atoms with E-state index in [1.807, 2.05) is 6.07 Å². The lowest BCUT2D eigenvalue weighted by Gasteiger charge is -2.25. The summed E-state index contributed by atoms with van der Waals surface area (Å²) in [7, 11) is 0. The van der Waals surface area contributed by atoms with Crippen molar-refractivity contribution in [2.75, 3.05) is 11.9 Å². The van der Waals surface area contributed by atoms with Gasteiger partial charge in [0.1, 0.15) is 12.7 Å². The SMILES string of the molecule is C[C@H](OC(=O)[C@H]1COc2ccccc2O1)C(=O)Nc1ccccc1C#N. The Hall–Kier alpha value is -3.53. The van der Waals surface area contributed by atoms with Gasteiger partial charge in [-0.1, -0.05) is 24.3 Å². The molecule has 0 saturated carbocycles. The van der Waals surface area contributed by atoms with E-state index in [0.717, 1.165) is 0 Å². The molecule has 0 saturated heterocycles. The zero-order valence-corrected chi connectivity index (χ0v) is 14.0. The predicted octanol–water partition coefficient (Wildman–Crippen LogP) is 2.27. The second kappa shape index (κ2) is 7.57. The summed E-state index contributed by atoms with van der Waals surface area (Å²) in [5, 5.41) is 11.6. The van der Waals surface area contributed by atoms with E-state index in [2.05, 4.69) is 5.32 Å². The number of para-hydroxylation sites is 3. The first-order valence-electron chi connectivity index (χ1n) is 7.97. The fourth-order valence-electron chi connectivity index (χ4n) is 2.36. The molecule has 1 N–H and O–H groups in total. The molecule has 7 nitrogen and oxygen atoms in total. The molecule has 0 aliphatic carbocycles. The highest BCUT2D eigenvalue weighted by Crippen LogP contribution is 2.31. The molecular weight excluding hydrogens is 336 g/mol. The summed E-state index contributed by atoms with van der Waals surface area (Å²) in [5.41, 5.74) is 0.675. The van der Waals surface area contributed by atoms with Crippen LogP contribution >= 0.6 is 0 Å². The van der Waals surface area contributed by atoms with E-state index in [-0.39, 0.29) is 6.61 Å². The van der Waals surface area contributed by atoms with E-state index < -0.39 is 24.1 Å². The van der Waals surface area contributed by atoms with Gasteiger partial charge in [0.05, 0.1) is 11.3 Å². The first-order valence-corrected chi connectivity index (χ1v) is 7.97. The third kappa shape index (κ3) is 3.75. The van der Waals surface area contributed by atoms with Gasteiger partial charge in [-0.25, -0.2) is 4.79 Å². The Labute approximate surface area is 150 Å². The standard InChI is InChI=1S/C19H16N2O5/c1-12(18(22)21-14-7-3-2-6-13(14)10-20)25-19(23)17-11-24-15-8-4-5-9-16(15)26-17/h2-9,12,17H,11H2,1H3,(H,21,22)/t12-,17+/m0/s1. The number of esters is 1. The van der Waals surface area contributed by atoms with E-state index in [9.17, 15) is 9.59 Å². The number of rotatable bonds is 4. The summed E-state index contributed by atoms with van der Waals surface area (Å²) in [6, 6.07) is 15.5. The van der Waals surface area contributed by atoms with Crippen molar-refractivity contribution in [3.8, 4) is 17.6 Å². The molecule has 0 unspecified atom stereocenters. The van der Waals surface area contributed by atoms with Crippen molar-refractivity contribution >= 4 is 17.6 Å². The third-order valence-corrected chi connectivity index (χ3v) is 3.74. The lowest BCUT2D eigenvalue weighted by atomic mass is 10.2. The van der Waals surface area contributed by atoms with E-state index in [1.54, 1.807) is 48.5 Å². The van der Waals surface area contributed by atoms with Gasteiger partial charge in [-0.15, -0.1) is 0 Å². The maximum atomic E-state index is 12.2. The highest BCUT2D eigenvalue weighted by Gasteiger charge is 2.31. The maximum absolute atomic E-state index is 12.2. The minimum atomic E-state index is -1.06. The molecule has 0 spiro atoms. The summed E-state index contributed by atoms with van der Waals surface area (Å²) in [6.07, 6.45) is -2.01. The van der Waals surface area contributed by atoms with Gasteiger partial charge in [-0.05, 0) is 31.2 Å². The zero-order chi connectivity index (χ0) is 18.5. The quantitative estimate of drug-likeness (QED) is 0.848. The number of nitriles is 1. The molecule has 0 bridgehead atoms. The van der Waals surface area contributed by atoms with Crippen LogP contribution in [0.4, 0.5) is 5.69 Å². The van der Waals surface area contributed by atoms with Crippen LogP contribution in [-0.2, 0) is 14.3 Å². The van der Waals surface area contributed by atoms with E-state index >= 15 is 0 Å². The lowest BCUT2D eigenvalue weighted by Crippen LogP contribution is -2.41. The van der Waals surface area contributed by atoms with Crippen molar-refractivity contribution in [2.24, 2.45) is 0 Å². The molecule has 1 amide bonds. The number of nitrogens with zero attached hydrogens (tertiary/aromatic N) is 1. The number of fused-ring (bicyclic) bond motifs is 1. The van der Waals surface area contributed by atoms with Gasteiger partial charge in [0, 0.05) is 0 Å². The summed E-state index contributed by atoms with van der Waals surface area (Å²) in [5.74, 6) is -0.245. The molecule has 0 aromatic heterocycles. The number of carbonyl (C=O) groups is 2. The molecule has 3 rings (SSSR count). The van der Waals surface area contributed by atoms with Crippen LogP contribution in [0.5, 0.6) is 11.5 Å². The largest absolute Gasteiger partial charge is 0.485 e. The van der Waals surface area contributed by atoms with E-state index in [1.165, 1.54) is 6.92 Å². The Bertz CT molecular complexity index is 874. The van der Waals surface area contributed by atoms with Crippen LogP contribution in [0.2, 0.25) is 0 Å². The Morgan fingerprint density at radius 3 is 2.65 bits per heavy atom. The molecule has 2 atom stereocenters. The number of benzene rings is 2. The smallest absolute Gasteiger partial charge is 0.351 e. The number of ether oxygens (including phenoxy) is 3. The minimum absolute atomic E-state index is 0.00144. The molecular formula is C19H16N2O5. The monoisotopic (exact) mass is 352 g/mol. The van der Waals surface area contributed by atoms with Gasteiger partial charge in [0.15, 0.2) is 17.6 Å². The highest BCUT2D eigenvalue weighted by atomic mass is 16.6. The number of hydrogen-bond donors (Lipinski definition) is 1. The van der Waals surface area contributed by atoms with Crippen molar-refractivity contribution in [2.45, 2.75) is 19.1 Å². The van der Waals surface area contributed by atoms with Gasteiger partial charge in [0.25, 0.3) is 5.91 Å². The summed E-state index contributed by atoms with van der Waals surface area (Å²) < 4.78 is 16.2. The Balaban J connectivity index is 1.59. The fraction of sp³-hybridized carbons (Fsp3) is 0.211. The predicted molar refractivity (Wildman–Crippen MR) is 91.7 cm³/mol. The van der Waals surface area contributed by atoms with Crippen molar-refractivity contribution in [3.05, 3.63) is 54.1 Å². The normalized spacial score (nSPS) is 16.1. The van der Waals surface area contributed by atoms with Crippen LogP contribution in [0.1, 0.15) is 12.5 Å². The third-order valence-electron chi connectivity index (χ3n) is 3.74. The Kier molecular flexibility index (Phi) is 5.04. The maximum Gasteiger partial charge on any atom is 0.351 e. The van der Waals surface area contributed by atoms with Crippen molar-refractivity contribution in [1.29, 1.82) is 5.26 Å². The molecule has 1 aliphatic rings. The first kappa shape index (κ1) is 17.3. The van der Waals surface area contributed by atoms with Crippen LogP contribution in [-0.4, -0.2) is 30.7 Å². The Morgan fingerprint density at radius 1 is 1.19 bits per heavy atom. The van der Waals surface area contributed by atoms with Crippen LogP contribution < -0.4 is 14.8 Å². The molecule has 1 heterocycles. The highest BCUT2D eigenvalue weighted by molar-refractivity contribution is 5.96. The van der Waals surface area contributed by atoms with Crippen molar-refractivity contribution in [3.63, 3.8) is 0 Å². The molecule has 7 heteroatoms. The van der Waals surface area contributed by atoms with Crippen LogP contribution in [0.25, 0.3) is 0 Å². The molecule has 0 radical (unpaired) electrons. The average molecular weight is 352 g/mol. The second-order valence-corrected chi connectivity index (χ2v) is 5.59. The number of hydrogen-bond acceptors (Lipinski definition) is 6. The number of anilines is 1. The lowest BCUT2D eigenvalue weighted by molar-refractivity contribution is -0.162. The molecule has 2 aromatic rings. The van der Waals surface area contributed by atoms with Gasteiger partial charge in [-0.3, -0.25) is 4.79 Å². The summed E-state index contributed by atoms with van der Waals surface area (Å²) in [6.45, 7) is 1.45. The number of nitrogens with one attached hydrogen (secondary N) is 1. The van der Waals surface area contributed by atoms with Crippen molar-refractivity contribution in [1.82, 2.24) is 0 Å². The average Bonchev–Trinajstić information content (AvgIpc) is 2.67. The van der Waals surface area contributed by atoms with Crippen LogP contribution in [0, 0.1) is 11.3 Å². The first-order chi connectivity index (χ1) is 12.6. The van der Waals surface area contributed by atoms with Gasteiger partial charge >= 0.3 is 5.97 Å². The van der Waals surface area contributed by atoms with Crippen LogP contribution in [0.15, 0.2) is 48.5 Å².